The molecule has 0 amide bonds. The molecule has 3 atom stereocenters. The lowest BCUT2D eigenvalue weighted by Gasteiger charge is -2.42. The van der Waals surface area contributed by atoms with Gasteiger partial charge in [-0.05, 0) is 66.3 Å². The van der Waals surface area contributed by atoms with Crippen molar-refractivity contribution in [1.29, 1.82) is 0 Å². The van der Waals surface area contributed by atoms with Crippen LogP contribution in [0.5, 0.6) is 0 Å². The number of nitrogens with two attached hydrogens (primary N) is 1. The summed E-state index contributed by atoms with van der Waals surface area (Å²) in [6, 6.07) is 0.847. The van der Waals surface area contributed by atoms with Gasteiger partial charge in [-0.15, -0.1) is 0 Å². The number of piperidine rings is 1. The van der Waals surface area contributed by atoms with Gasteiger partial charge in [0.1, 0.15) is 0 Å². The molecule has 0 spiro atoms. The van der Waals surface area contributed by atoms with Crippen LogP contribution in [0.25, 0.3) is 0 Å². The number of likely N-dealkylation sites (tertiary alicyclic amines) is 1. The Kier molecular flexibility index (Phi) is 3.79. The molecule has 2 saturated heterocycles. The van der Waals surface area contributed by atoms with Crippen LogP contribution in [-0.4, -0.2) is 41.3 Å². The van der Waals surface area contributed by atoms with E-state index in [9.17, 15) is 0 Å². The molecule has 2 rings (SSSR count). The first kappa shape index (κ1) is 14.3. The average Bonchev–Trinajstić information content (AvgIpc) is 2.47. The summed E-state index contributed by atoms with van der Waals surface area (Å²) in [5.41, 5.74) is 6.06. The van der Waals surface area contributed by atoms with Crippen LogP contribution in [0.2, 0.25) is 0 Å². The molecule has 3 nitrogen and oxygen atoms in total. The van der Waals surface area contributed by atoms with Crippen molar-refractivity contribution in [2.45, 2.75) is 77.2 Å². The van der Waals surface area contributed by atoms with Crippen LogP contribution in [0.1, 0.15) is 53.9 Å². The van der Waals surface area contributed by atoms with Gasteiger partial charge in [0.05, 0.1) is 11.2 Å². The van der Waals surface area contributed by atoms with Crippen LogP contribution < -0.4 is 5.73 Å². The monoisotopic (exact) mass is 254 g/mol. The van der Waals surface area contributed by atoms with Gasteiger partial charge in [0, 0.05) is 18.6 Å². The maximum absolute atomic E-state index is 6.22. The second-order valence-corrected chi connectivity index (χ2v) is 7.44. The smallest absolute Gasteiger partial charge is 0.0789 e. The number of hydrogen-bond donors (Lipinski definition) is 1. The summed E-state index contributed by atoms with van der Waals surface area (Å²) in [6.45, 7) is 13.4. The van der Waals surface area contributed by atoms with Gasteiger partial charge in [-0.1, -0.05) is 0 Å². The molecule has 2 aliphatic rings. The molecule has 2 N–H and O–H groups in total. The quantitative estimate of drug-likeness (QED) is 0.822. The minimum atomic E-state index is -0.0385. The van der Waals surface area contributed by atoms with E-state index < -0.39 is 0 Å². The van der Waals surface area contributed by atoms with Crippen molar-refractivity contribution < 1.29 is 4.74 Å². The van der Waals surface area contributed by atoms with Crippen molar-refractivity contribution in [3.8, 4) is 0 Å². The Balaban J connectivity index is 2.07. The summed E-state index contributed by atoms with van der Waals surface area (Å²) < 4.78 is 6.22. The Bertz CT molecular complexity index is 299. The molecule has 0 aromatic carbocycles. The van der Waals surface area contributed by atoms with Gasteiger partial charge < -0.3 is 10.5 Å². The summed E-state index contributed by atoms with van der Waals surface area (Å²) in [7, 11) is 0. The largest absolute Gasteiger partial charge is 0.368 e. The van der Waals surface area contributed by atoms with E-state index in [4.69, 9.17) is 10.5 Å². The van der Waals surface area contributed by atoms with Gasteiger partial charge in [0.25, 0.3) is 0 Å². The van der Waals surface area contributed by atoms with Crippen molar-refractivity contribution in [2.24, 2.45) is 11.7 Å². The van der Waals surface area contributed by atoms with Crippen LogP contribution in [-0.2, 0) is 4.74 Å². The number of nitrogens with zero attached hydrogens (tertiary/aromatic N) is 1. The van der Waals surface area contributed by atoms with Crippen LogP contribution >= 0.6 is 0 Å². The van der Waals surface area contributed by atoms with E-state index in [2.05, 4.69) is 39.5 Å². The molecule has 0 saturated carbocycles. The van der Waals surface area contributed by atoms with Crippen LogP contribution in [0, 0.1) is 5.92 Å². The lowest BCUT2D eigenvalue weighted by atomic mass is 9.87. The fraction of sp³-hybridized carbons (Fsp3) is 1.00. The van der Waals surface area contributed by atoms with E-state index in [1.807, 2.05) is 0 Å². The Morgan fingerprint density at radius 1 is 1.28 bits per heavy atom. The minimum absolute atomic E-state index is 0.00937. The standard InChI is InChI=1S/C15H30N2O/c1-11(16)12-7-6-8-17(10-12)13-9-14(2,3)18-15(13,4)5/h11-13H,6-10,16H2,1-5H3. The van der Waals surface area contributed by atoms with Gasteiger partial charge in [-0.2, -0.15) is 0 Å². The average molecular weight is 254 g/mol. The third-order valence-corrected chi connectivity index (χ3v) is 4.70. The van der Waals surface area contributed by atoms with E-state index in [0.717, 1.165) is 13.0 Å². The van der Waals surface area contributed by atoms with Crippen LogP contribution in [0.4, 0.5) is 0 Å². The molecule has 106 valence electrons. The Hall–Kier alpha value is -0.120. The van der Waals surface area contributed by atoms with Crippen molar-refractivity contribution in [1.82, 2.24) is 4.90 Å². The van der Waals surface area contributed by atoms with E-state index in [1.165, 1.54) is 19.4 Å². The fourth-order valence-corrected chi connectivity index (χ4v) is 3.85. The second kappa shape index (κ2) is 4.77. The van der Waals surface area contributed by atoms with Gasteiger partial charge in [-0.3, -0.25) is 4.90 Å². The van der Waals surface area contributed by atoms with Gasteiger partial charge in [0.2, 0.25) is 0 Å². The van der Waals surface area contributed by atoms with Gasteiger partial charge in [0.15, 0.2) is 0 Å². The summed E-state index contributed by atoms with van der Waals surface area (Å²) >= 11 is 0. The van der Waals surface area contributed by atoms with Crippen molar-refractivity contribution >= 4 is 0 Å². The zero-order valence-electron chi connectivity index (χ0n) is 12.7. The first-order valence-electron chi connectivity index (χ1n) is 7.41. The molecule has 0 aromatic rings. The minimum Gasteiger partial charge on any atom is -0.368 e. The van der Waals surface area contributed by atoms with Crippen molar-refractivity contribution in [3.05, 3.63) is 0 Å². The first-order valence-corrected chi connectivity index (χ1v) is 7.41. The third kappa shape index (κ3) is 2.89. The van der Waals surface area contributed by atoms with E-state index >= 15 is 0 Å². The SMILES string of the molecule is CC(N)C1CCCN(C2CC(C)(C)OC2(C)C)C1. The van der Waals surface area contributed by atoms with Gasteiger partial charge >= 0.3 is 0 Å². The predicted octanol–water partition coefficient (Wildman–Crippen LogP) is 2.39. The zero-order chi connectivity index (χ0) is 13.6. The molecule has 0 bridgehead atoms. The predicted molar refractivity (Wildman–Crippen MR) is 75.6 cm³/mol. The van der Waals surface area contributed by atoms with E-state index in [-0.39, 0.29) is 11.2 Å². The maximum Gasteiger partial charge on any atom is 0.0789 e. The van der Waals surface area contributed by atoms with Crippen LogP contribution in [0.3, 0.4) is 0 Å². The maximum atomic E-state index is 6.22. The number of rotatable bonds is 2. The van der Waals surface area contributed by atoms with Crippen molar-refractivity contribution in [2.75, 3.05) is 13.1 Å². The summed E-state index contributed by atoms with van der Waals surface area (Å²) in [5.74, 6) is 0.651. The molecular formula is C15H30N2O. The molecular weight excluding hydrogens is 224 g/mol. The molecule has 0 aromatic heterocycles. The normalized spacial score (nSPS) is 37.7. The van der Waals surface area contributed by atoms with E-state index in [0.29, 0.717) is 18.0 Å². The van der Waals surface area contributed by atoms with Gasteiger partial charge in [-0.25, -0.2) is 0 Å². The van der Waals surface area contributed by atoms with Crippen molar-refractivity contribution in [3.63, 3.8) is 0 Å². The highest BCUT2D eigenvalue weighted by Gasteiger charge is 2.49. The molecule has 2 aliphatic heterocycles. The topological polar surface area (TPSA) is 38.5 Å². The van der Waals surface area contributed by atoms with Crippen LogP contribution in [0.15, 0.2) is 0 Å². The Morgan fingerprint density at radius 3 is 2.44 bits per heavy atom. The molecule has 3 unspecified atom stereocenters. The third-order valence-electron chi connectivity index (χ3n) is 4.70. The highest BCUT2D eigenvalue weighted by Crippen LogP contribution is 2.41. The highest BCUT2D eigenvalue weighted by molar-refractivity contribution is 5.01. The first-order chi connectivity index (χ1) is 8.21. The molecule has 0 radical (unpaired) electrons. The molecule has 0 aliphatic carbocycles. The number of hydrogen-bond acceptors (Lipinski definition) is 3. The molecule has 2 fully saturated rings. The molecule has 2 heterocycles. The van der Waals surface area contributed by atoms with E-state index in [1.54, 1.807) is 0 Å². The molecule has 18 heavy (non-hydrogen) atoms. The lowest BCUT2D eigenvalue weighted by Crippen LogP contribution is -2.52. The summed E-state index contributed by atoms with van der Waals surface area (Å²) in [5, 5.41) is 0. The number of ether oxygens (including phenoxy) is 1. The Morgan fingerprint density at radius 2 is 1.94 bits per heavy atom. The Labute approximate surface area is 112 Å². The highest BCUT2D eigenvalue weighted by atomic mass is 16.5. The lowest BCUT2D eigenvalue weighted by molar-refractivity contribution is -0.0836. The summed E-state index contributed by atoms with van der Waals surface area (Å²) in [4.78, 5) is 2.63. The fourth-order valence-electron chi connectivity index (χ4n) is 3.85. The summed E-state index contributed by atoms with van der Waals surface area (Å²) in [6.07, 6.45) is 3.69. The second-order valence-electron chi connectivity index (χ2n) is 7.44. The zero-order valence-corrected chi connectivity index (χ0v) is 12.7. The molecule has 3 heteroatoms.